The molecule has 0 saturated carbocycles. The van der Waals surface area contributed by atoms with Crippen LogP contribution in [0.4, 0.5) is 4.79 Å². The Morgan fingerprint density at radius 1 is 0.929 bits per heavy atom. The molecule has 5 rings (SSSR count). The van der Waals surface area contributed by atoms with Crippen LogP contribution in [0.3, 0.4) is 0 Å². The quantitative estimate of drug-likeness (QED) is 0.311. The monoisotopic (exact) mass is 569 g/mol. The van der Waals surface area contributed by atoms with E-state index >= 15 is 0 Å². The van der Waals surface area contributed by atoms with Gasteiger partial charge in [-0.2, -0.15) is 0 Å². The fourth-order valence-electron chi connectivity index (χ4n) is 6.11. The molecule has 3 aromatic carbocycles. The third-order valence-corrected chi connectivity index (χ3v) is 8.84. The number of amides is 2. The Bertz CT molecular complexity index is 1370. The van der Waals surface area contributed by atoms with Gasteiger partial charge >= 0.3 is 12.1 Å². The number of hydrogen-bond donors (Lipinski definition) is 3. The van der Waals surface area contributed by atoms with Gasteiger partial charge in [0, 0.05) is 25.6 Å². The Labute approximate surface area is 247 Å². The van der Waals surface area contributed by atoms with Gasteiger partial charge in [-0.25, -0.2) is 9.59 Å². The van der Waals surface area contributed by atoms with Crippen molar-refractivity contribution in [1.29, 1.82) is 0 Å². The lowest BCUT2D eigenvalue weighted by Crippen LogP contribution is -2.63. The van der Waals surface area contributed by atoms with Gasteiger partial charge in [0.05, 0.1) is 0 Å². The van der Waals surface area contributed by atoms with Crippen LogP contribution in [0, 0.1) is 5.92 Å². The van der Waals surface area contributed by atoms with Crippen molar-refractivity contribution in [3.63, 3.8) is 0 Å². The van der Waals surface area contributed by atoms with Crippen LogP contribution in [0.2, 0.25) is 0 Å². The van der Waals surface area contributed by atoms with Crippen molar-refractivity contribution in [2.24, 2.45) is 5.92 Å². The summed E-state index contributed by atoms with van der Waals surface area (Å²) in [5, 5.41) is 15.8. The molecule has 3 aromatic rings. The summed E-state index contributed by atoms with van der Waals surface area (Å²) in [6, 6.07) is 25.3. The summed E-state index contributed by atoms with van der Waals surface area (Å²) in [5.41, 5.74) is 4.24. The highest BCUT2D eigenvalue weighted by Crippen LogP contribution is 2.44. The van der Waals surface area contributed by atoms with Gasteiger partial charge in [0.1, 0.15) is 18.2 Å². The molecule has 3 N–H and O–H groups in total. The highest BCUT2D eigenvalue weighted by molar-refractivity contribution is 5.91. The number of alkyl carbamates (subject to hydrolysis) is 1. The average Bonchev–Trinajstić information content (AvgIpc) is 3.33. The van der Waals surface area contributed by atoms with Gasteiger partial charge < -0.3 is 20.5 Å². The molecule has 220 valence electrons. The standard InChI is InChI=1S/C34H39N3O5/c1-3-23(2)30(31(38)36-34(32(39)40)17-19-37(20-18-34)21-24-11-5-4-6-12-24)35-33(41)42-22-29-27-15-9-7-13-25(27)26-14-8-10-16-28(26)29/h4-16,23,29-30H,3,17-22H2,1-2H3,(H,35,41)(H,36,38)(H,39,40)/t23?,30-/m0/s1. The molecule has 1 fully saturated rings. The van der Waals surface area contributed by atoms with E-state index in [2.05, 4.69) is 27.7 Å². The zero-order valence-electron chi connectivity index (χ0n) is 24.2. The topological polar surface area (TPSA) is 108 Å². The zero-order valence-corrected chi connectivity index (χ0v) is 24.2. The summed E-state index contributed by atoms with van der Waals surface area (Å²) in [6.07, 6.45) is 0.476. The van der Waals surface area contributed by atoms with E-state index in [0.29, 0.717) is 19.5 Å². The Morgan fingerprint density at radius 3 is 2.07 bits per heavy atom. The number of carboxylic acids is 1. The largest absolute Gasteiger partial charge is 0.480 e. The van der Waals surface area contributed by atoms with Crippen LogP contribution < -0.4 is 10.6 Å². The summed E-state index contributed by atoms with van der Waals surface area (Å²) >= 11 is 0. The highest BCUT2D eigenvalue weighted by Gasteiger charge is 2.44. The Hall–Kier alpha value is -4.17. The minimum absolute atomic E-state index is 0.102. The van der Waals surface area contributed by atoms with Crippen molar-refractivity contribution in [2.45, 2.75) is 57.2 Å². The zero-order chi connectivity index (χ0) is 29.7. The summed E-state index contributed by atoms with van der Waals surface area (Å²) < 4.78 is 5.70. The Morgan fingerprint density at radius 2 is 1.50 bits per heavy atom. The second-order valence-corrected chi connectivity index (χ2v) is 11.5. The number of nitrogens with zero attached hydrogens (tertiary/aromatic N) is 1. The van der Waals surface area contributed by atoms with E-state index in [1.807, 2.05) is 80.6 Å². The maximum atomic E-state index is 13.6. The van der Waals surface area contributed by atoms with Crippen LogP contribution in [0.1, 0.15) is 55.7 Å². The van der Waals surface area contributed by atoms with Crippen LogP contribution >= 0.6 is 0 Å². The fourth-order valence-corrected chi connectivity index (χ4v) is 6.11. The van der Waals surface area contributed by atoms with Gasteiger partial charge in [0.2, 0.25) is 5.91 Å². The highest BCUT2D eigenvalue weighted by atomic mass is 16.5. The number of benzene rings is 3. The van der Waals surface area contributed by atoms with Gasteiger partial charge in [-0.15, -0.1) is 0 Å². The lowest BCUT2D eigenvalue weighted by molar-refractivity contribution is -0.150. The number of carbonyl (C=O) groups is 3. The van der Waals surface area contributed by atoms with Gasteiger partial charge in [-0.1, -0.05) is 99.1 Å². The molecule has 0 spiro atoms. The maximum absolute atomic E-state index is 13.6. The Kier molecular flexibility index (Phi) is 8.92. The van der Waals surface area contributed by atoms with E-state index < -0.39 is 29.6 Å². The van der Waals surface area contributed by atoms with Crippen molar-refractivity contribution in [1.82, 2.24) is 15.5 Å². The van der Waals surface area contributed by atoms with Crippen LogP contribution in [0.5, 0.6) is 0 Å². The summed E-state index contributed by atoms with van der Waals surface area (Å²) in [5.74, 6) is -1.89. The molecule has 0 radical (unpaired) electrons. The minimum atomic E-state index is -1.39. The molecule has 1 heterocycles. The molecule has 1 aliphatic heterocycles. The van der Waals surface area contributed by atoms with Gasteiger partial charge in [0.25, 0.3) is 0 Å². The molecular weight excluding hydrogens is 530 g/mol. The van der Waals surface area contributed by atoms with Gasteiger partial charge in [-0.05, 0) is 46.6 Å². The first kappa shape index (κ1) is 29.3. The number of ether oxygens (including phenoxy) is 1. The summed E-state index contributed by atoms with van der Waals surface area (Å²) in [6.45, 7) is 5.72. The van der Waals surface area contributed by atoms with Crippen molar-refractivity contribution in [3.8, 4) is 11.1 Å². The fraction of sp³-hybridized carbons (Fsp3) is 0.382. The lowest BCUT2D eigenvalue weighted by Gasteiger charge is -2.40. The van der Waals surface area contributed by atoms with Crippen molar-refractivity contribution in [2.75, 3.05) is 19.7 Å². The van der Waals surface area contributed by atoms with Crippen LogP contribution in [-0.4, -0.2) is 59.3 Å². The van der Waals surface area contributed by atoms with Crippen molar-refractivity contribution >= 4 is 18.0 Å². The van der Waals surface area contributed by atoms with Crippen LogP contribution in [0.15, 0.2) is 78.9 Å². The van der Waals surface area contributed by atoms with Crippen LogP contribution in [0.25, 0.3) is 11.1 Å². The van der Waals surface area contributed by atoms with E-state index in [9.17, 15) is 19.5 Å². The SMILES string of the molecule is CCC(C)[C@H](NC(=O)OCC1c2ccccc2-c2ccccc21)C(=O)NC1(C(=O)O)CCN(Cc2ccccc2)CC1. The van der Waals surface area contributed by atoms with E-state index in [4.69, 9.17) is 4.74 Å². The lowest BCUT2D eigenvalue weighted by atomic mass is 9.86. The first-order chi connectivity index (χ1) is 20.3. The molecule has 1 saturated heterocycles. The van der Waals surface area contributed by atoms with E-state index in [1.165, 1.54) is 0 Å². The third kappa shape index (κ3) is 6.19. The smallest absolute Gasteiger partial charge is 0.407 e. The molecule has 0 aromatic heterocycles. The van der Waals surface area contributed by atoms with E-state index in [-0.39, 0.29) is 31.3 Å². The minimum Gasteiger partial charge on any atom is -0.480 e. The van der Waals surface area contributed by atoms with Gasteiger partial charge in [-0.3, -0.25) is 9.69 Å². The molecule has 2 amide bonds. The van der Waals surface area contributed by atoms with Crippen molar-refractivity contribution < 1.29 is 24.2 Å². The number of fused-ring (bicyclic) bond motifs is 3. The van der Waals surface area contributed by atoms with Crippen molar-refractivity contribution in [3.05, 3.63) is 95.6 Å². The first-order valence-electron chi connectivity index (χ1n) is 14.7. The predicted molar refractivity (Wildman–Crippen MR) is 161 cm³/mol. The van der Waals surface area contributed by atoms with Gasteiger partial charge in [0.15, 0.2) is 0 Å². The molecule has 8 heteroatoms. The predicted octanol–water partition coefficient (Wildman–Crippen LogP) is 5.18. The van der Waals surface area contributed by atoms with Crippen LogP contribution in [-0.2, 0) is 20.9 Å². The second-order valence-electron chi connectivity index (χ2n) is 11.5. The summed E-state index contributed by atoms with van der Waals surface area (Å²) in [4.78, 5) is 41.3. The number of carbonyl (C=O) groups excluding carboxylic acids is 2. The van der Waals surface area contributed by atoms with E-state index in [0.717, 1.165) is 34.4 Å². The first-order valence-corrected chi connectivity index (χ1v) is 14.7. The second kappa shape index (κ2) is 12.8. The number of hydrogen-bond acceptors (Lipinski definition) is 5. The molecule has 42 heavy (non-hydrogen) atoms. The third-order valence-electron chi connectivity index (χ3n) is 8.84. The Balaban J connectivity index is 1.22. The number of aliphatic carboxylic acids is 1. The number of likely N-dealkylation sites (tertiary alicyclic amines) is 1. The molecule has 2 atom stereocenters. The normalized spacial score (nSPS) is 17.4. The molecule has 2 aliphatic rings. The number of nitrogens with one attached hydrogen (secondary N) is 2. The average molecular weight is 570 g/mol. The number of rotatable bonds is 10. The molecular formula is C34H39N3O5. The number of carboxylic acid groups (broad SMARTS) is 1. The molecule has 1 unspecified atom stereocenters. The molecule has 1 aliphatic carbocycles. The summed E-state index contributed by atoms with van der Waals surface area (Å²) in [7, 11) is 0. The van der Waals surface area contributed by atoms with E-state index in [1.54, 1.807) is 0 Å². The molecule has 8 nitrogen and oxygen atoms in total. The molecule has 0 bridgehead atoms. The maximum Gasteiger partial charge on any atom is 0.407 e. The number of piperidine rings is 1.